The molecule has 0 unspecified atom stereocenters. The summed E-state index contributed by atoms with van der Waals surface area (Å²) in [7, 11) is -2.34. The number of hydrogen-bond donors (Lipinski definition) is 2. The topological polar surface area (TPSA) is 99.2 Å². The van der Waals surface area contributed by atoms with Gasteiger partial charge in [-0.2, -0.15) is 4.31 Å². The van der Waals surface area contributed by atoms with E-state index >= 15 is 0 Å². The Balaban J connectivity index is 2.03. The van der Waals surface area contributed by atoms with Gasteiger partial charge in [-0.05, 0) is 63.2 Å². The second kappa shape index (κ2) is 11.9. The van der Waals surface area contributed by atoms with Gasteiger partial charge >= 0.3 is 6.03 Å². The number of nitrogens with zero attached hydrogens (tertiary/aromatic N) is 2. The number of hydrogen-bond acceptors (Lipinski definition) is 5. The highest BCUT2D eigenvalue weighted by Crippen LogP contribution is 2.34. The van der Waals surface area contributed by atoms with E-state index in [1.807, 2.05) is 20.8 Å². The van der Waals surface area contributed by atoms with Gasteiger partial charge in [0.2, 0.25) is 10.0 Å². The van der Waals surface area contributed by atoms with Crippen molar-refractivity contribution in [3.05, 3.63) is 59.4 Å². The summed E-state index contributed by atoms with van der Waals surface area (Å²) >= 11 is 0. The third kappa shape index (κ3) is 7.01. The zero-order chi connectivity index (χ0) is 27.3. The summed E-state index contributed by atoms with van der Waals surface area (Å²) in [5.74, 6) is 5.36. The first-order valence-electron chi connectivity index (χ1n) is 12.1. The van der Waals surface area contributed by atoms with Crippen molar-refractivity contribution in [1.29, 1.82) is 0 Å². The lowest BCUT2D eigenvalue weighted by molar-refractivity contribution is 0.0809. The highest BCUT2D eigenvalue weighted by molar-refractivity contribution is 7.89. The van der Waals surface area contributed by atoms with Crippen LogP contribution in [0, 0.1) is 23.6 Å². The molecule has 3 atom stereocenters. The van der Waals surface area contributed by atoms with Gasteiger partial charge in [0.25, 0.3) is 0 Å². The fourth-order valence-corrected chi connectivity index (χ4v) is 5.73. The molecule has 0 fully saturated rings. The molecule has 2 aromatic carbocycles. The summed E-state index contributed by atoms with van der Waals surface area (Å²) in [6, 6.07) is 9.37. The molecular formula is C27H34FN3O5S. The molecule has 0 saturated heterocycles. The third-order valence-corrected chi connectivity index (χ3v) is 8.09. The van der Waals surface area contributed by atoms with Gasteiger partial charge in [-0.3, -0.25) is 0 Å². The van der Waals surface area contributed by atoms with Gasteiger partial charge in [0.15, 0.2) is 0 Å². The van der Waals surface area contributed by atoms with E-state index in [1.54, 1.807) is 38.2 Å². The van der Waals surface area contributed by atoms with Crippen molar-refractivity contribution in [2.45, 2.75) is 50.8 Å². The second-order valence-corrected chi connectivity index (χ2v) is 11.5. The summed E-state index contributed by atoms with van der Waals surface area (Å²) in [5.41, 5.74) is 1.12. The van der Waals surface area contributed by atoms with Crippen LogP contribution in [0.15, 0.2) is 47.4 Å². The first kappa shape index (κ1) is 28.4. The molecule has 1 heterocycles. The van der Waals surface area contributed by atoms with Crippen molar-refractivity contribution in [3.8, 4) is 17.6 Å². The predicted molar refractivity (Wildman–Crippen MR) is 139 cm³/mol. The first-order valence-corrected chi connectivity index (χ1v) is 13.6. The molecule has 8 nitrogen and oxygen atoms in total. The third-order valence-electron chi connectivity index (χ3n) is 6.08. The van der Waals surface area contributed by atoms with E-state index in [-0.39, 0.29) is 54.1 Å². The number of urea groups is 1. The van der Waals surface area contributed by atoms with Crippen LogP contribution in [0.25, 0.3) is 0 Å². The minimum absolute atomic E-state index is 0.0358. The molecule has 2 N–H and O–H groups in total. The Morgan fingerprint density at radius 3 is 2.43 bits per heavy atom. The molecule has 0 aromatic heterocycles. The summed E-state index contributed by atoms with van der Waals surface area (Å²) in [4.78, 5) is 14.0. The van der Waals surface area contributed by atoms with Crippen LogP contribution in [-0.4, -0.2) is 73.7 Å². The van der Waals surface area contributed by atoms with Crippen LogP contribution in [0.2, 0.25) is 0 Å². The van der Waals surface area contributed by atoms with E-state index in [9.17, 15) is 22.7 Å². The number of benzene rings is 2. The Morgan fingerprint density at radius 2 is 1.81 bits per heavy atom. The predicted octanol–water partition coefficient (Wildman–Crippen LogP) is 3.04. The number of carbonyl (C=O) groups excluding carboxylic acids is 1. The van der Waals surface area contributed by atoms with Gasteiger partial charge in [0.05, 0.1) is 13.2 Å². The number of fused-ring (bicyclic) bond motifs is 1. The smallest absolute Gasteiger partial charge is 0.317 e. The average Bonchev–Trinajstić information content (AvgIpc) is 2.84. The maximum Gasteiger partial charge on any atom is 0.317 e. The minimum Gasteiger partial charge on any atom is -0.487 e. The van der Waals surface area contributed by atoms with E-state index < -0.39 is 22.2 Å². The Hall–Kier alpha value is -3.13. The van der Waals surface area contributed by atoms with Crippen LogP contribution in [0.5, 0.6) is 5.75 Å². The minimum atomic E-state index is -3.99. The highest BCUT2D eigenvalue weighted by atomic mass is 32.2. The maximum absolute atomic E-state index is 13.6. The Bertz CT molecular complexity index is 1270. The van der Waals surface area contributed by atoms with E-state index in [1.165, 1.54) is 27.4 Å². The van der Waals surface area contributed by atoms with Crippen LogP contribution >= 0.6 is 0 Å². The quantitative estimate of drug-likeness (QED) is 0.578. The van der Waals surface area contributed by atoms with Gasteiger partial charge < -0.3 is 20.1 Å². The molecule has 1 aliphatic heterocycles. The van der Waals surface area contributed by atoms with Gasteiger partial charge in [-0.1, -0.05) is 18.8 Å². The fourth-order valence-electron chi connectivity index (χ4n) is 3.91. The van der Waals surface area contributed by atoms with Crippen molar-refractivity contribution in [2.24, 2.45) is 5.92 Å². The molecule has 0 radical (unpaired) electrons. The molecule has 3 rings (SSSR count). The largest absolute Gasteiger partial charge is 0.487 e. The number of sulfonamides is 1. The number of nitrogens with one attached hydrogen (secondary N) is 1. The fraction of sp³-hybridized carbons (Fsp3) is 0.444. The summed E-state index contributed by atoms with van der Waals surface area (Å²) in [6.45, 7) is 7.21. The number of ether oxygens (including phenoxy) is 1. The molecule has 10 heteroatoms. The van der Waals surface area contributed by atoms with Gasteiger partial charge in [0.1, 0.15) is 22.6 Å². The normalized spacial score (nSPS) is 19.9. The molecule has 0 aliphatic carbocycles. The van der Waals surface area contributed by atoms with Crippen LogP contribution in [0.3, 0.4) is 0 Å². The summed E-state index contributed by atoms with van der Waals surface area (Å²) in [6.07, 6.45) is -0.536. The molecule has 2 amide bonds. The number of amides is 2. The van der Waals surface area contributed by atoms with Crippen molar-refractivity contribution in [1.82, 2.24) is 14.5 Å². The first-order chi connectivity index (χ1) is 17.4. The number of aliphatic hydroxyl groups excluding tert-OH is 1. The zero-order valence-corrected chi connectivity index (χ0v) is 22.5. The monoisotopic (exact) mass is 531 g/mol. The number of likely N-dealkylation sites (N-methyl/N-ethyl adjacent to an activating group) is 1. The molecule has 0 bridgehead atoms. The molecular weight excluding hydrogens is 497 g/mol. The standard InChI is InChI=1S/C27H34FN3O5S/c1-18(2)29-27(33)30(5)16-25-19(3)15-31(20(4)17-32)37(34,35)26-13-10-22(14-24(26)36-25)7-6-21-8-11-23(28)12-9-21/h8-14,18-20,25,32H,15-17H2,1-5H3,(H,29,33)/t19-,20+,25-/m1/s1. The van der Waals surface area contributed by atoms with Crippen LogP contribution in [-0.2, 0) is 10.0 Å². The molecule has 200 valence electrons. The Labute approximate surface area is 218 Å². The van der Waals surface area contributed by atoms with Crippen LogP contribution in [0.1, 0.15) is 38.8 Å². The molecule has 0 spiro atoms. The van der Waals surface area contributed by atoms with Crippen molar-refractivity contribution < 1.29 is 27.4 Å². The summed E-state index contributed by atoms with van der Waals surface area (Å²) < 4.78 is 47.9. The number of carbonyl (C=O) groups is 1. The van der Waals surface area contributed by atoms with Gasteiger partial charge in [-0.25, -0.2) is 17.6 Å². The van der Waals surface area contributed by atoms with E-state index in [0.717, 1.165) is 0 Å². The Kier molecular flexibility index (Phi) is 9.18. The lowest BCUT2D eigenvalue weighted by Crippen LogP contribution is -2.51. The van der Waals surface area contributed by atoms with Crippen LogP contribution in [0.4, 0.5) is 9.18 Å². The average molecular weight is 532 g/mol. The van der Waals surface area contributed by atoms with E-state index in [4.69, 9.17) is 4.74 Å². The lowest BCUT2D eigenvalue weighted by Gasteiger charge is -2.37. The van der Waals surface area contributed by atoms with Crippen LogP contribution < -0.4 is 10.1 Å². The molecule has 37 heavy (non-hydrogen) atoms. The SMILES string of the molecule is CC(C)NC(=O)N(C)C[C@H]1Oc2cc(C#Cc3ccc(F)cc3)ccc2S(=O)(=O)N([C@@H](C)CO)C[C@H]1C. The van der Waals surface area contributed by atoms with Crippen molar-refractivity contribution >= 4 is 16.1 Å². The zero-order valence-electron chi connectivity index (χ0n) is 21.7. The van der Waals surface area contributed by atoms with Gasteiger partial charge in [-0.15, -0.1) is 0 Å². The lowest BCUT2D eigenvalue weighted by atomic mass is 10.0. The highest BCUT2D eigenvalue weighted by Gasteiger charge is 2.38. The Morgan fingerprint density at radius 1 is 1.19 bits per heavy atom. The van der Waals surface area contributed by atoms with Gasteiger partial charge in [0, 0.05) is 42.7 Å². The second-order valence-electron chi connectivity index (χ2n) is 9.64. The van der Waals surface area contributed by atoms with E-state index in [0.29, 0.717) is 11.1 Å². The number of halogens is 1. The number of aliphatic hydroxyl groups is 1. The van der Waals surface area contributed by atoms with E-state index in [2.05, 4.69) is 17.2 Å². The number of rotatable bonds is 5. The van der Waals surface area contributed by atoms with Crippen molar-refractivity contribution in [2.75, 3.05) is 26.7 Å². The molecule has 0 saturated carbocycles. The van der Waals surface area contributed by atoms with Crippen molar-refractivity contribution in [3.63, 3.8) is 0 Å². The maximum atomic E-state index is 13.6. The molecule has 2 aromatic rings. The molecule has 1 aliphatic rings. The summed E-state index contributed by atoms with van der Waals surface area (Å²) in [5, 5.41) is 12.6.